The second kappa shape index (κ2) is 5.81. The molecule has 1 aromatic rings. The van der Waals surface area contributed by atoms with Gasteiger partial charge in [-0.15, -0.1) is 0 Å². The van der Waals surface area contributed by atoms with E-state index in [9.17, 15) is 8.42 Å². The van der Waals surface area contributed by atoms with E-state index in [0.717, 1.165) is 31.2 Å². The van der Waals surface area contributed by atoms with Crippen LogP contribution in [-0.4, -0.2) is 54.4 Å². The number of sulfonamides is 1. The number of nitrogens with zero attached hydrogens (tertiary/aromatic N) is 2. The Morgan fingerprint density at radius 2 is 2.13 bits per heavy atom. The molecule has 0 unspecified atom stereocenters. The van der Waals surface area contributed by atoms with Crippen molar-refractivity contribution < 1.29 is 17.9 Å². The van der Waals surface area contributed by atoms with E-state index in [1.807, 2.05) is 12.1 Å². The Balaban J connectivity index is 1.33. The SMILES string of the molecule is O=S(=O)(C1CC1)N1CC[C@]2(C[C@H](OCc3ccncc3)CO2)C1. The Morgan fingerprint density at radius 1 is 1.35 bits per heavy atom. The molecule has 1 aromatic heterocycles. The van der Waals surface area contributed by atoms with Crippen LogP contribution in [0, 0.1) is 0 Å². The smallest absolute Gasteiger partial charge is 0.217 e. The molecule has 1 saturated carbocycles. The molecule has 2 atom stereocenters. The third kappa shape index (κ3) is 3.15. The Bertz CT molecular complexity index is 662. The second-order valence-electron chi connectivity index (χ2n) is 6.81. The zero-order valence-corrected chi connectivity index (χ0v) is 13.9. The predicted octanol–water partition coefficient (Wildman–Crippen LogP) is 1.32. The highest BCUT2D eigenvalue weighted by Gasteiger charge is 2.51. The van der Waals surface area contributed by atoms with Crippen molar-refractivity contribution in [1.29, 1.82) is 0 Å². The van der Waals surface area contributed by atoms with Gasteiger partial charge in [0, 0.05) is 31.9 Å². The predicted molar refractivity (Wildman–Crippen MR) is 84.2 cm³/mol. The quantitative estimate of drug-likeness (QED) is 0.810. The summed E-state index contributed by atoms with van der Waals surface area (Å²) < 4.78 is 38.3. The van der Waals surface area contributed by atoms with Crippen LogP contribution >= 0.6 is 0 Å². The average Bonchev–Trinajstić information content (AvgIpc) is 3.24. The van der Waals surface area contributed by atoms with E-state index in [0.29, 0.717) is 26.3 Å². The number of pyridine rings is 1. The summed E-state index contributed by atoms with van der Waals surface area (Å²) in [6.07, 6.45) is 6.70. The molecule has 6 nitrogen and oxygen atoms in total. The molecule has 2 saturated heterocycles. The lowest BCUT2D eigenvalue weighted by Crippen LogP contribution is -2.37. The Hall–Kier alpha value is -1.02. The number of aromatic nitrogens is 1. The van der Waals surface area contributed by atoms with Crippen LogP contribution in [0.25, 0.3) is 0 Å². The summed E-state index contributed by atoms with van der Waals surface area (Å²) in [7, 11) is -3.10. The summed E-state index contributed by atoms with van der Waals surface area (Å²) in [6, 6.07) is 3.87. The van der Waals surface area contributed by atoms with Crippen LogP contribution in [0.3, 0.4) is 0 Å². The molecule has 0 aromatic carbocycles. The highest BCUT2D eigenvalue weighted by Crippen LogP contribution is 2.40. The van der Waals surface area contributed by atoms with Crippen molar-refractivity contribution in [3.05, 3.63) is 30.1 Å². The largest absolute Gasteiger partial charge is 0.371 e. The van der Waals surface area contributed by atoms with Crippen LogP contribution in [-0.2, 0) is 26.1 Å². The van der Waals surface area contributed by atoms with Gasteiger partial charge in [0.25, 0.3) is 0 Å². The molecule has 3 aliphatic rings. The lowest BCUT2D eigenvalue weighted by Gasteiger charge is -2.23. The van der Waals surface area contributed by atoms with E-state index in [1.54, 1.807) is 16.7 Å². The fraction of sp³-hybridized carbons (Fsp3) is 0.688. The molecule has 1 spiro atoms. The molecule has 1 aliphatic carbocycles. The molecule has 0 amide bonds. The average molecular weight is 338 g/mol. The van der Waals surface area contributed by atoms with E-state index in [4.69, 9.17) is 9.47 Å². The van der Waals surface area contributed by atoms with Crippen molar-refractivity contribution >= 4 is 10.0 Å². The minimum atomic E-state index is -3.10. The fourth-order valence-corrected chi connectivity index (χ4v) is 5.40. The van der Waals surface area contributed by atoms with E-state index < -0.39 is 10.0 Å². The summed E-state index contributed by atoms with van der Waals surface area (Å²) in [4.78, 5) is 3.99. The Morgan fingerprint density at radius 3 is 2.87 bits per heavy atom. The highest BCUT2D eigenvalue weighted by atomic mass is 32.2. The van der Waals surface area contributed by atoms with Gasteiger partial charge in [-0.2, -0.15) is 4.31 Å². The lowest BCUT2D eigenvalue weighted by molar-refractivity contribution is 0.00273. The molecule has 0 bridgehead atoms. The minimum Gasteiger partial charge on any atom is -0.371 e. The maximum absolute atomic E-state index is 12.4. The van der Waals surface area contributed by atoms with Crippen LogP contribution in [0.15, 0.2) is 24.5 Å². The normalized spacial score (nSPS) is 31.9. The monoisotopic (exact) mass is 338 g/mol. The molecule has 7 heteroatoms. The first kappa shape index (κ1) is 15.5. The van der Waals surface area contributed by atoms with Crippen LogP contribution in [0.2, 0.25) is 0 Å². The van der Waals surface area contributed by atoms with E-state index >= 15 is 0 Å². The van der Waals surface area contributed by atoms with Crippen molar-refractivity contribution in [2.24, 2.45) is 0 Å². The maximum atomic E-state index is 12.4. The molecule has 23 heavy (non-hydrogen) atoms. The molecular formula is C16H22N2O4S. The van der Waals surface area contributed by atoms with Gasteiger partial charge in [0.2, 0.25) is 10.0 Å². The molecule has 2 aliphatic heterocycles. The van der Waals surface area contributed by atoms with Crippen LogP contribution in [0.5, 0.6) is 0 Å². The zero-order chi connectivity index (χ0) is 15.9. The van der Waals surface area contributed by atoms with E-state index in [2.05, 4.69) is 4.98 Å². The number of hydrogen-bond acceptors (Lipinski definition) is 5. The van der Waals surface area contributed by atoms with Crippen LogP contribution in [0.4, 0.5) is 0 Å². The van der Waals surface area contributed by atoms with E-state index in [-0.39, 0.29) is 17.0 Å². The van der Waals surface area contributed by atoms with Gasteiger partial charge in [-0.1, -0.05) is 0 Å². The number of rotatable bonds is 5. The lowest BCUT2D eigenvalue weighted by atomic mass is 9.98. The number of ether oxygens (including phenoxy) is 2. The van der Waals surface area contributed by atoms with Gasteiger partial charge >= 0.3 is 0 Å². The molecule has 126 valence electrons. The first-order valence-corrected chi connectivity index (χ1v) is 9.71. The van der Waals surface area contributed by atoms with E-state index in [1.165, 1.54) is 0 Å². The third-order valence-corrected chi connectivity index (χ3v) is 7.34. The summed E-state index contributed by atoms with van der Waals surface area (Å²) in [6.45, 7) is 2.15. The van der Waals surface area contributed by atoms with Gasteiger partial charge in [0.05, 0.1) is 30.2 Å². The Kier molecular flexibility index (Phi) is 3.91. The molecule has 0 N–H and O–H groups in total. The van der Waals surface area contributed by atoms with Crippen molar-refractivity contribution in [2.75, 3.05) is 19.7 Å². The van der Waals surface area contributed by atoms with Gasteiger partial charge in [0.15, 0.2) is 0 Å². The first-order chi connectivity index (χ1) is 11.1. The summed E-state index contributed by atoms with van der Waals surface area (Å²) in [5, 5.41) is -0.141. The van der Waals surface area contributed by atoms with Gasteiger partial charge in [0.1, 0.15) is 0 Å². The van der Waals surface area contributed by atoms with Gasteiger partial charge in [-0.3, -0.25) is 4.98 Å². The topological polar surface area (TPSA) is 68.7 Å². The van der Waals surface area contributed by atoms with Gasteiger partial charge in [-0.05, 0) is 37.0 Å². The first-order valence-electron chi connectivity index (χ1n) is 8.21. The van der Waals surface area contributed by atoms with Crippen molar-refractivity contribution in [1.82, 2.24) is 9.29 Å². The summed E-state index contributed by atoms with van der Waals surface area (Å²) in [5.41, 5.74) is 0.746. The molecule has 3 heterocycles. The molecule has 0 radical (unpaired) electrons. The molecular weight excluding hydrogens is 316 g/mol. The third-order valence-electron chi connectivity index (χ3n) is 5.00. The number of hydrogen-bond donors (Lipinski definition) is 0. The van der Waals surface area contributed by atoms with Gasteiger partial charge in [-0.25, -0.2) is 8.42 Å². The Labute approximate surface area is 136 Å². The highest BCUT2D eigenvalue weighted by molar-refractivity contribution is 7.90. The van der Waals surface area contributed by atoms with Crippen LogP contribution in [0.1, 0.15) is 31.2 Å². The second-order valence-corrected chi connectivity index (χ2v) is 9.03. The summed E-state index contributed by atoms with van der Waals surface area (Å²) >= 11 is 0. The van der Waals surface area contributed by atoms with Crippen molar-refractivity contribution in [3.8, 4) is 0 Å². The maximum Gasteiger partial charge on any atom is 0.217 e. The standard InChI is InChI=1S/C16H22N2O4S/c19-23(20,15-1-2-15)18-8-5-16(12-18)9-14(11-22-16)21-10-13-3-6-17-7-4-13/h3-4,6-7,14-15H,1-2,5,8-12H2/t14-,16-/m0/s1. The van der Waals surface area contributed by atoms with Crippen molar-refractivity contribution in [2.45, 2.75) is 49.2 Å². The van der Waals surface area contributed by atoms with Gasteiger partial charge < -0.3 is 9.47 Å². The molecule has 4 rings (SSSR count). The van der Waals surface area contributed by atoms with Crippen LogP contribution < -0.4 is 0 Å². The minimum absolute atomic E-state index is 0.0340. The fourth-order valence-electron chi connectivity index (χ4n) is 3.49. The summed E-state index contributed by atoms with van der Waals surface area (Å²) in [5.74, 6) is 0. The zero-order valence-electron chi connectivity index (χ0n) is 13.1. The van der Waals surface area contributed by atoms with Crippen molar-refractivity contribution in [3.63, 3.8) is 0 Å². The molecule has 3 fully saturated rings.